The zero-order valence-electron chi connectivity index (χ0n) is 28.8. The molecule has 0 bridgehead atoms. The van der Waals surface area contributed by atoms with Gasteiger partial charge in [0.15, 0.2) is 23.0 Å². The molecule has 0 heterocycles. The average Bonchev–Trinajstić information content (AvgIpc) is 3.05. The van der Waals surface area contributed by atoms with E-state index in [-0.39, 0.29) is 23.0 Å². The zero-order valence-corrected chi connectivity index (χ0v) is 28.8. The third-order valence-electron chi connectivity index (χ3n) is 7.47. The van der Waals surface area contributed by atoms with E-state index in [2.05, 4.69) is 10.6 Å². The second-order valence-corrected chi connectivity index (χ2v) is 10.9. The van der Waals surface area contributed by atoms with Crippen LogP contribution in [0, 0.1) is 13.8 Å². The molecule has 0 atom stereocenters. The second kappa shape index (κ2) is 17.6. The molecule has 0 aliphatic rings. The fraction of sp³-hybridized carbons (Fsp3) is 0.389. The monoisotopic (exact) mass is 650 g/mol. The van der Waals surface area contributed by atoms with Gasteiger partial charge in [0.1, 0.15) is 5.75 Å². The number of hydrogen-bond acceptors (Lipinski definition) is 9. The Bertz CT molecular complexity index is 1580. The number of methoxy groups -OCH3 is 5. The summed E-state index contributed by atoms with van der Waals surface area (Å²) in [5, 5.41) is 5.59. The first-order chi connectivity index (χ1) is 22.6. The van der Waals surface area contributed by atoms with Gasteiger partial charge in [0.2, 0.25) is 11.5 Å². The highest BCUT2D eigenvalue weighted by Crippen LogP contribution is 2.50. The first kappa shape index (κ1) is 36.4. The van der Waals surface area contributed by atoms with Gasteiger partial charge in [-0.05, 0) is 81.8 Å². The average molecular weight is 651 g/mol. The third kappa shape index (κ3) is 9.71. The van der Waals surface area contributed by atoms with Gasteiger partial charge in [0, 0.05) is 24.2 Å². The Morgan fingerprint density at radius 3 is 1.66 bits per heavy atom. The molecular weight excluding hydrogens is 604 g/mol. The summed E-state index contributed by atoms with van der Waals surface area (Å²) in [4.78, 5) is 26.0. The maximum absolute atomic E-state index is 13.0. The fourth-order valence-corrected chi connectivity index (χ4v) is 4.98. The van der Waals surface area contributed by atoms with E-state index in [4.69, 9.17) is 33.2 Å². The molecule has 11 nitrogen and oxygen atoms in total. The number of amides is 2. The minimum absolute atomic E-state index is 0.123. The second-order valence-electron chi connectivity index (χ2n) is 10.9. The number of aryl methyl sites for hydroxylation is 1. The highest BCUT2D eigenvalue weighted by Gasteiger charge is 2.28. The van der Waals surface area contributed by atoms with Gasteiger partial charge in [-0.15, -0.1) is 0 Å². The summed E-state index contributed by atoms with van der Waals surface area (Å²) >= 11 is 0. The van der Waals surface area contributed by atoms with E-state index in [1.54, 1.807) is 28.3 Å². The Morgan fingerprint density at radius 2 is 1.15 bits per heavy atom. The van der Waals surface area contributed by atoms with Crippen molar-refractivity contribution in [1.29, 1.82) is 0 Å². The highest BCUT2D eigenvalue weighted by molar-refractivity contribution is 5.78. The summed E-state index contributed by atoms with van der Waals surface area (Å²) in [5.74, 6) is 2.62. The normalized spacial score (nSPS) is 10.4. The van der Waals surface area contributed by atoms with Crippen molar-refractivity contribution >= 4 is 12.2 Å². The van der Waals surface area contributed by atoms with Crippen LogP contribution in [0.3, 0.4) is 0 Å². The first-order valence-electron chi connectivity index (χ1n) is 15.2. The van der Waals surface area contributed by atoms with Crippen LogP contribution < -0.4 is 43.8 Å². The maximum Gasteiger partial charge on any atom is 0.412 e. The van der Waals surface area contributed by atoms with E-state index in [1.807, 2.05) is 63.2 Å². The van der Waals surface area contributed by atoms with Crippen LogP contribution in [0.2, 0.25) is 0 Å². The lowest BCUT2D eigenvalue weighted by molar-refractivity contribution is 0.193. The maximum atomic E-state index is 13.0. The molecular formula is C36H46N2O9. The molecule has 47 heavy (non-hydrogen) atoms. The molecule has 3 aromatic carbocycles. The highest BCUT2D eigenvalue weighted by atomic mass is 16.6. The van der Waals surface area contributed by atoms with Crippen LogP contribution >= 0.6 is 0 Å². The minimum atomic E-state index is -0.678. The molecule has 3 rings (SSSR count). The number of benzene rings is 3. The van der Waals surface area contributed by atoms with E-state index >= 15 is 0 Å². The Kier molecular flexibility index (Phi) is 13.6. The summed E-state index contributed by atoms with van der Waals surface area (Å²) in [6.45, 7) is 8.32. The van der Waals surface area contributed by atoms with Crippen molar-refractivity contribution in [3.05, 3.63) is 75.9 Å². The van der Waals surface area contributed by atoms with Gasteiger partial charge >= 0.3 is 12.2 Å². The number of rotatable bonds is 15. The van der Waals surface area contributed by atoms with Crippen LogP contribution in [-0.4, -0.2) is 60.8 Å². The molecule has 2 amide bonds. The van der Waals surface area contributed by atoms with Crippen LogP contribution in [0.25, 0.3) is 0 Å². The Morgan fingerprint density at radius 1 is 0.638 bits per heavy atom. The van der Waals surface area contributed by atoms with Gasteiger partial charge in [-0.1, -0.05) is 29.8 Å². The van der Waals surface area contributed by atoms with E-state index in [0.717, 1.165) is 28.0 Å². The molecule has 2 N–H and O–H groups in total. The molecule has 3 aromatic rings. The van der Waals surface area contributed by atoms with E-state index < -0.39 is 12.2 Å². The smallest absolute Gasteiger partial charge is 0.412 e. The predicted octanol–water partition coefficient (Wildman–Crippen LogP) is 6.52. The summed E-state index contributed by atoms with van der Waals surface area (Å²) < 4.78 is 39.0. The number of allylic oxidation sites excluding steroid dienone is 2. The molecule has 0 unspecified atom stereocenters. The number of carbonyl (C=O) groups excluding carboxylic acids is 2. The van der Waals surface area contributed by atoms with Gasteiger partial charge in [-0.3, -0.25) is 0 Å². The van der Waals surface area contributed by atoms with Gasteiger partial charge in [-0.25, -0.2) is 9.59 Å². The SMILES string of the molecule is COc1ccc(CCNC(=O)Oc2c(CC=C(C)C)c(C)c(OC(=O)NCCc3ccc(OC)c(OC)c3)c(OC)c2OC)cc1C. The summed E-state index contributed by atoms with van der Waals surface area (Å²) in [6, 6.07) is 11.4. The number of nitrogens with one attached hydrogen (secondary N) is 2. The Labute approximate surface area is 277 Å². The minimum Gasteiger partial charge on any atom is -0.496 e. The summed E-state index contributed by atoms with van der Waals surface area (Å²) in [5.41, 5.74) is 5.23. The van der Waals surface area contributed by atoms with Crippen molar-refractivity contribution in [2.24, 2.45) is 0 Å². The van der Waals surface area contributed by atoms with Crippen LogP contribution in [0.4, 0.5) is 9.59 Å². The molecule has 0 spiro atoms. The molecule has 0 aromatic heterocycles. The third-order valence-corrected chi connectivity index (χ3v) is 7.47. The van der Waals surface area contributed by atoms with Crippen LogP contribution in [0.15, 0.2) is 48.0 Å². The van der Waals surface area contributed by atoms with Crippen LogP contribution in [0.5, 0.6) is 40.2 Å². The Balaban J connectivity index is 1.79. The summed E-state index contributed by atoms with van der Waals surface area (Å²) in [6.07, 6.45) is 2.16. The molecule has 254 valence electrons. The fourth-order valence-electron chi connectivity index (χ4n) is 4.98. The molecule has 0 aliphatic carbocycles. The van der Waals surface area contributed by atoms with E-state index in [1.165, 1.54) is 14.2 Å². The van der Waals surface area contributed by atoms with Gasteiger partial charge in [0.25, 0.3) is 0 Å². The van der Waals surface area contributed by atoms with Gasteiger partial charge < -0.3 is 43.8 Å². The van der Waals surface area contributed by atoms with Crippen molar-refractivity contribution in [1.82, 2.24) is 10.6 Å². The van der Waals surface area contributed by atoms with Gasteiger partial charge in [-0.2, -0.15) is 0 Å². The Hall–Kier alpha value is -5.06. The summed E-state index contributed by atoms with van der Waals surface area (Å²) in [7, 11) is 7.63. The largest absolute Gasteiger partial charge is 0.496 e. The molecule has 0 fully saturated rings. The quantitative estimate of drug-likeness (QED) is 0.177. The lowest BCUT2D eigenvalue weighted by Gasteiger charge is -2.22. The number of ether oxygens (including phenoxy) is 7. The van der Waals surface area contributed by atoms with Crippen LogP contribution in [0.1, 0.15) is 41.7 Å². The van der Waals surface area contributed by atoms with Crippen molar-refractivity contribution in [3.63, 3.8) is 0 Å². The topological polar surface area (TPSA) is 123 Å². The van der Waals surface area contributed by atoms with E-state index in [9.17, 15) is 9.59 Å². The zero-order chi connectivity index (χ0) is 34.5. The van der Waals surface area contributed by atoms with E-state index in [0.29, 0.717) is 55.0 Å². The van der Waals surface area contributed by atoms with Crippen molar-refractivity contribution in [2.45, 2.75) is 47.0 Å². The first-order valence-corrected chi connectivity index (χ1v) is 15.2. The lowest BCUT2D eigenvalue weighted by Crippen LogP contribution is -2.30. The molecule has 0 aliphatic heterocycles. The lowest BCUT2D eigenvalue weighted by atomic mass is 10.00. The standard InChI is InChI=1S/C36H46N2O9/c1-22(2)10-13-27-24(4)31(46-35(39)37-19-17-26-12-15-29(42-6)30(21-26)43-7)33(44-8)34(45-9)32(27)47-36(40)38-18-16-25-11-14-28(41-5)23(3)20-25/h10-12,14-15,20-21H,13,16-19H2,1-9H3,(H,37,39)(H,38,40). The molecule has 11 heteroatoms. The number of carbonyl (C=O) groups is 2. The molecule has 0 saturated carbocycles. The predicted molar refractivity (Wildman–Crippen MR) is 180 cm³/mol. The van der Waals surface area contributed by atoms with Crippen molar-refractivity contribution in [3.8, 4) is 40.2 Å². The van der Waals surface area contributed by atoms with Crippen molar-refractivity contribution in [2.75, 3.05) is 48.6 Å². The molecule has 0 radical (unpaired) electrons. The van der Waals surface area contributed by atoms with Crippen LogP contribution in [-0.2, 0) is 19.3 Å². The van der Waals surface area contributed by atoms with Crippen molar-refractivity contribution < 1.29 is 42.7 Å². The van der Waals surface area contributed by atoms with Gasteiger partial charge in [0.05, 0.1) is 35.5 Å². The number of hydrogen-bond donors (Lipinski definition) is 2. The molecule has 0 saturated heterocycles.